The van der Waals surface area contributed by atoms with E-state index in [1.54, 1.807) is 12.5 Å². The van der Waals surface area contributed by atoms with E-state index in [1.165, 1.54) is 6.33 Å². The lowest BCUT2D eigenvalue weighted by Gasteiger charge is -2.25. The van der Waals surface area contributed by atoms with E-state index in [4.69, 9.17) is 9.47 Å². The lowest BCUT2D eigenvalue weighted by Crippen LogP contribution is -2.28. The molecule has 4 rings (SSSR count). The van der Waals surface area contributed by atoms with Crippen LogP contribution in [-0.4, -0.2) is 39.7 Å². The fraction of sp³-hybridized carbons (Fsp3) is 0.273. The van der Waals surface area contributed by atoms with Gasteiger partial charge in [-0.2, -0.15) is 0 Å². The van der Waals surface area contributed by atoms with Crippen molar-refractivity contribution in [1.29, 1.82) is 0 Å². The molecule has 2 aromatic carbocycles. The highest BCUT2D eigenvalue weighted by molar-refractivity contribution is 7.84. The molecule has 1 aliphatic heterocycles. The van der Waals surface area contributed by atoms with Crippen molar-refractivity contribution in [3.63, 3.8) is 0 Å². The summed E-state index contributed by atoms with van der Waals surface area (Å²) in [4.78, 5) is 8.93. The van der Waals surface area contributed by atoms with Gasteiger partial charge < -0.3 is 20.1 Å². The number of anilines is 3. The fourth-order valence-electron chi connectivity index (χ4n) is 3.21. The Labute approximate surface area is 178 Å². The number of aromatic nitrogens is 2. The summed E-state index contributed by atoms with van der Waals surface area (Å²) < 4.78 is 23.2. The Morgan fingerprint density at radius 1 is 1.10 bits per heavy atom. The molecule has 1 atom stereocenters. The molecule has 156 valence electrons. The standard InChI is InChI=1S/C22H24N4O3S/c1-30(27)19-5-3-18(4-6-19)29-21-7-2-17(26-22-8-11-23-15-24-22)14-20(21)25-16-9-12-28-13-10-16/h2-8,11,14-16,25H,9-10,12-13H2,1H3,(H,23,24,26). The molecule has 0 radical (unpaired) electrons. The Hall–Kier alpha value is -2.97. The van der Waals surface area contributed by atoms with Gasteiger partial charge in [-0.05, 0) is 61.4 Å². The van der Waals surface area contributed by atoms with Crippen molar-refractivity contribution in [1.82, 2.24) is 9.97 Å². The van der Waals surface area contributed by atoms with Crippen LogP contribution in [-0.2, 0) is 15.5 Å². The first-order valence-electron chi connectivity index (χ1n) is 9.80. The number of benzene rings is 2. The van der Waals surface area contributed by atoms with Crippen LogP contribution in [0.15, 0.2) is 66.0 Å². The second-order valence-corrected chi connectivity index (χ2v) is 8.37. The van der Waals surface area contributed by atoms with Crippen LogP contribution in [0.5, 0.6) is 11.5 Å². The third kappa shape index (κ3) is 5.34. The highest BCUT2D eigenvalue weighted by Crippen LogP contribution is 2.34. The van der Waals surface area contributed by atoms with Crippen molar-refractivity contribution >= 4 is 28.0 Å². The molecular weight excluding hydrogens is 400 g/mol. The Morgan fingerprint density at radius 3 is 2.60 bits per heavy atom. The van der Waals surface area contributed by atoms with Crippen LogP contribution in [0.25, 0.3) is 0 Å². The smallest absolute Gasteiger partial charge is 0.150 e. The van der Waals surface area contributed by atoms with Crippen LogP contribution in [0.3, 0.4) is 0 Å². The van der Waals surface area contributed by atoms with Crippen molar-refractivity contribution in [2.24, 2.45) is 0 Å². The first-order valence-corrected chi connectivity index (χ1v) is 11.4. The predicted molar refractivity (Wildman–Crippen MR) is 118 cm³/mol. The monoisotopic (exact) mass is 424 g/mol. The summed E-state index contributed by atoms with van der Waals surface area (Å²) in [7, 11) is -1.01. The van der Waals surface area contributed by atoms with E-state index in [2.05, 4.69) is 20.6 Å². The van der Waals surface area contributed by atoms with E-state index in [-0.39, 0.29) is 0 Å². The number of rotatable bonds is 7. The molecule has 1 aromatic heterocycles. The highest BCUT2D eigenvalue weighted by Gasteiger charge is 2.16. The number of nitrogens with zero attached hydrogens (tertiary/aromatic N) is 2. The average Bonchev–Trinajstić information content (AvgIpc) is 2.77. The van der Waals surface area contributed by atoms with Crippen LogP contribution < -0.4 is 15.4 Å². The van der Waals surface area contributed by atoms with Gasteiger partial charge in [-0.25, -0.2) is 9.97 Å². The van der Waals surface area contributed by atoms with Crippen molar-refractivity contribution in [3.05, 3.63) is 61.1 Å². The van der Waals surface area contributed by atoms with Crippen molar-refractivity contribution in [3.8, 4) is 11.5 Å². The summed E-state index contributed by atoms with van der Waals surface area (Å²) in [5.41, 5.74) is 1.79. The van der Waals surface area contributed by atoms with Gasteiger partial charge in [-0.15, -0.1) is 0 Å². The molecule has 3 aromatic rings. The summed E-state index contributed by atoms with van der Waals surface area (Å²) >= 11 is 0. The van der Waals surface area contributed by atoms with Gasteiger partial charge in [0.25, 0.3) is 0 Å². The number of ether oxygens (including phenoxy) is 2. The van der Waals surface area contributed by atoms with Gasteiger partial charge in [0.2, 0.25) is 0 Å². The SMILES string of the molecule is CS(=O)c1ccc(Oc2ccc(Nc3ccncn3)cc2NC2CCOCC2)cc1. The van der Waals surface area contributed by atoms with E-state index >= 15 is 0 Å². The molecule has 0 bridgehead atoms. The summed E-state index contributed by atoms with van der Waals surface area (Å²) in [5, 5.41) is 6.89. The summed E-state index contributed by atoms with van der Waals surface area (Å²) in [6.07, 6.45) is 6.75. The van der Waals surface area contributed by atoms with E-state index in [0.29, 0.717) is 11.8 Å². The van der Waals surface area contributed by atoms with Gasteiger partial charge in [0.15, 0.2) is 5.75 Å². The maximum absolute atomic E-state index is 11.6. The average molecular weight is 425 g/mol. The zero-order chi connectivity index (χ0) is 20.8. The van der Waals surface area contributed by atoms with E-state index in [0.717, 1.165) is 53.9 Å². The second kappa shape index (κ2) is 9.69. The summed E-state index contributed by atoms with van der Waals surface area (Å²) in [6, 6.07) is 15.3. The topological polar surface area (TPSA) is 85.4 Å². The van der Waals surface area contributed by atoms with E-state index in [9.17, 15) is 4.21 Å². The lowest BCUT2D eigenvalue weighted by atomic mass is 10.1. The molecular formula is C22H24N4O3S. The molecule has 7 nitrogen and oxygen atoms in total. The van der Waals surface area contributed by atoms with Gasteiger partial charge in [0, 0.05) is 53.1 Å². The van der Waals surface area contributed by atoms with E-state index in [1.807, 2.05) is 48.5 Å². The maximum atomic E-state index is 11.6. The molecule has 0 spiro atoms. The molecule has 8 heteroatoms. The highest BCUT2D eigenvalue weighted by atomic mass is 32.2. The fourth-order valence-corrected chi connectivity index (χ4v) is 3.73. The molecule has 0 saturated carbocycles. The lowest BCUT2D eigenvalue weighted by molar-refractivity contribution is 0.0904. The molecule has 0 amide bonds. The molecule has 30 heavy (non-hydrogen) atoms. The van der Waals surface area contributed by atoms with Gasteiger partial charge in [0.05, 0.1) is 5.69 Å². The van der Waals surface area contributed by atoms with Gasteiger partial charge in [-0.1, -0.05) is 0 Å². The van der Waals surface area contributed by atoms with Gasteiger partial charge >= 0.3 is 0 Å². The minimum atomic E-state index is -1.01. The quantitative estimate of drug-likeness (QED) is 0.583. The van der Waals surface area contributed by atoms with Crippen molar-refractivity contribution in [2.45, 2.75) is 23.8 Å². The first-order chi connectivity index (χ1) is 14.7. The van der Waals surface area contributed by atoms with Gasteiger partial charge in [-0.3, -0.25) is 4.21 Å². The molecule has 1 aliphatic rings. The van der Waals surface area contributed by atoms with Crippen molar-refractivity contribution in [2.75, 3.05) is 30.1 Å². The molecule has 1 unspecified atom stereocenters. The van der Waals surface area contributed by atoms with Crippen LogP contribution in [0.2, 0.25) is 0 Å². The minimum Gasteiger partial charge on any atom is -0.455 e. The molecule has 2 N–H and O–H groups in total. The Kier molecular flexibility index (Phi) is 6.56. The Bertz CT molecular complexity index is 993. The number of hydrogen-bond acceptors (Lipinski definition) is 7. The predicted octanol–water partition coefficient (Wildman–Crippen LogP) is 4.34. The zero-order valence-corrected chi connectivity index (χ0v) is 17.5. The summed E-state index contributed by atoms with van der Waals surface area (Å²) in [6.45, 7) is 1.50. The largest absolute Gasteiger partial charge is 0.455 e. The molecule has 1 fully saturated rings. The van der Waals surface area contributed by atoms with Gasteiger partial charge in [0.1, 0.15) is 17.9 Å². The third-order valence-corrected chi connectivity index (χ3v) is 5.73. The third-order valence-electron chi connectivity index (χ3n) is 4.80. The first kappa shape index (κ1) is 20.3. The van der Waals surface area contributed by atoms with Crippen LogP contribution in [0.4, 0.5) is 17.2 Å². The van der Waals surface area contributed by atoms with Crippen LogP contribution in [0, 0.1) is 0 Å². The molecule has 2 heterocycles. The van der Waals surface area contributed by atoms with Crippen LogP contribution in [0.1, 0.15) is 12.8 Å². The molecule has 0 aliphatic carbocycles. The van der Waals surface area contributed by atoms with Crippen LogP contribution >= 0.6 is 0 Å². The Morgan fingerprint density at radius 2 is 1.90 bits per heavy atom. The van der Waals surface area contributed by atoms with E-state index < -0.39 is 10.8 Å². The summed E-state index contributed by atoms with van der Waals surface area (Å²) in [5.74, 6) is 2.13. The molecule has 1 saturated heterocycles. The maximum Gasteiger partial charge on any atom is 0.150 e. The second-order valence-electron chi connectivity index (χ2n) is 6.99. The zero-order valence-electron chi connectivity index (χ0n) is 16.7. The minimum absolute atomic E-state index is 0.320. The normalized spacial score (nSPS) is 15.4. The van der Waals surface area contributed by atoms with Crippen molar-refractivity contribution < 1.29 is 13.7 Å². The number of hydrogen-bond donors (Lipinski definition) is 2. The Balaban J connectivity index is 1.57. The number of nitrogens with one attached hydrogen (secondary N) is 2.